The molecule has 0 saturated carbocycles. The monoisotopic (exact) mass is 451 g/mol. The molecule has 0 bridgehead atoms. The first kappa shape index (κ1) is 21.9. The van der Waals surface area contributed by atoms with Crippen molar-refractivity contribution in [2.75, 3.05) is 26.2 Å². The smallest absolute Gasteiger partial charge is 0.329 e. The highest BCUT2D eigenvalue weighted by Gasteiger charge is 2.25. The third-order valence-corrected chi connectivity index (χ3v) is 6.94. The van der Waals surface area contributed by atoms with Crippen molar-refractivity contribution in [3.63, 3.8) is 0 Å². The number of piperazine rings is 1. The predicted molar refractivity (Wildman–Crippen MR) is 126 cm³/mol. The van der Waals surface area contributed by atoms with Gasteiger partial charge in [0.05, 0.1) is 17.6 Å². The quantitative estimate of drug-likeness (QED) is 0.572. The second-order valence-corrected chi connectivity index (χ2v) is 9.16. The molecular formula is C24H33N7O2. The van der Waals surface area contributed by atoms with Gasteiger partial charge in [0.2, 0.25) is 5.91 Å². The summed E-state index contributed by atoms with van der Waals surface area (Å²) in [5.41, 5.74) is 1.63. The fraction of sp³-hybridized carbons (Fsp3) is 0.583. The van der Waals surface area contributed by atoms with E-state index >= 15 is 0 Å². The number of nitrogens with zero attached hydrogens (tertiary/aromatic N) is 7. The molecular weight excluding hydrogens is 418 g/mol. The standard InChI is InChI=1S/C24H33N7O2/c1-2-11-29-19-8-5-6-9-20(19)31(24(29)33)18-23(32)28-15-13-27(14-16-28)17-22-26-25-21-10-4-3-7-12-30(21)22/h5-6,8-9H,2-4,7,10-18H2,1H3. The molecule has 5 rings (SSSR count). The molecule has 4 heterocycles. The van der Waals surface area contributed by atoms with Gasteiger partial charge in [-0.25, -0.2) is 4.79 Å². The number of aryl methyl sites for hydroxylation is 2. The van der Waals surface area contributed by atoms with E-state index in [1.807, 2.05) is 29.2 Å². The molecule has 2 aromatic heterocycles. The Labute approximate surface area is 193 Å². The van der Waals surface area contributed by atoms with Crippen LogP contribution in [0.1, 0.15) is 44.3 Å². The van der Waals surface area contributed by atoms with Crippen molar-refractivity contribution in [1.29, 1.82) is 0 Å². The minimum Gasteiger partial charge on any atom is -0.339 e. The van der Waals surface area contributed by atoms with Crippen LogP contribution >= 0.6 is 0 Å². The highest BCUT2D eigenvalue weighted by Crippen LogP contribution is 2.17. The number of fused-ring (bicyclic) bond motifs is 2. The van der Waals surface area contributed by atoms with E-state index in [4.69, 9.17) is 0 Å². The lowest BCUT2D eigenvalue weighted by atomic mass is 10.2. The van der Waals surface area contributed by atoms with E-state index in [0.717, 1.165) is 61.7 Å². The Hall–Kier alpha value is -2.94. The summed E-state index contributed by atoms with van der Waals surface area (Å²) in [4.78, 5) is 30.3. The number of imidazole rings is 1. The summed E-state index contributed by atoms with van der Waals surface area (Å²) in [5, 5.41) is 8.86. The van der Waals surface area contributed by atoms with E-state index in [2.05, 4.69) is 26.6 Å². The Morgan fingerprint density at radius 2 is 1.70 bits per heavy atom. The molecule has 9 nitrogen and oxygen atoms in total. The Bertz CT molecular complexity index is 1180. The Kier molecular flexibility index (Phi) is 6.30. The first-order valence-corrected chi connectivity index (χ1v) is 12.2. The number of hydrogen-bond acceptors (Lipinski definition) is 5. The molecule has 2 aliphatic rings. The Morgan fingerprint density at radius 3 is 2.45 bits per heavy atom. The molecule has 1 saturated heterocycles. The normalized spacial score (nSPS) is 17.3. The lowest BCUT2D eigenvalue weighted by Crippen LogP contribution is -2.49. The van der Waals surface area contributed by atoms with E-state index in [1.165, 1.54) is 19.3 Å². The zero-order chi connectivity index (χ0) is 22.8. The van der Waals surface area contributed by atoms with E-state index < -0.39 is 0 Å². The maximum Gasteiger partial charge on any atom is 0.329 e. The van der Waals surface area contributed by atoms with Crippen LogP contribution in [0.2, 0.25) is 0 Å². The molecule has 1 fully saturated rings. The molecule has 0 N–H and O–H groups in total. The van der Waals surface area contributed by atoms with Crippen LogP contribution < -0.4 is 5.69 Å². The lowest BCUT2D eigenvalue weighted by Gasteiger charge is -2.34. The van der Waals surface area contributed by atoms with Gasteiger partial charge in [0.15, 0.2) is 0 Å². The number of aromatic nitrogens is 5. The number of amides is 1. The number of hydrogen-bond donors (Lipinski definition) is 0. The van der Waals surface area contributed by atoms with Crippen molar-refractivity contribution in [2.45, 2.75) is 65.2 Å². The summed E-state index contributed by atoms with van der Waals surface area (Å²) in [6.07, 6.45) is 5.53. The van der Waals surface area contributed by atoms with Gasteiger partial charge >= 0.3 is 5.69 Å². The van der Waals surface area contributed by atoms with E-state index in [9.17, 15) is 9.59 Å². The number of benzene rings is 1. The maximum atomic E-state index is 13.1. The summed E-state index contributed by atoms with van der Waals surface area (Å²) >= 11 is 0. The lowest BCUT2D eigenvalue weighted by molar-refractivity contribution is -0.133. The molecule has 2 aliphatic heterocycles. The van der Waals surface area contributed by atoms with Gasteiger partial charge in [-0.05, 0) is 31.4 Å². The largest absolute Gasteiger partial charge is 0.339 e. The summed E-state index contributed by atoms with van der Waals surface area (Å²) in [7, 11) is 0. The van der Waals surface area contributed by atoms with Crippen LogP contribution in [0.3, 0.4) is 0 Å². The van der Waals surface area contributed by atoms with Gasteiger partial charge in [-0.2, -0.15) is 0 Å². The molecule has 0 unspecified atom stereocenters. The molecule has 9 heteroatoms. The van der Waals surface area contributed by atoms with Crippen LogP contribution in [0.5, 0.6) is 0 Å². The summed E-state index contributed by atoms with van der Waals surface area (Å²) in [6.45, 7) is 7.54. The highest BCUT2D eigenvalue weighted by atomic mass is 16.2. The minimum atomic E-state index is -0.0995. The Balaban J connectivity index is 1.23. The first-order chi connectivity index (χ1) is 16.2. The van der Waals surface area contributed by atoms with Crippen LogP contribution in [0.4, 0.5) is 0 Å². The second-order valence-electron chi connectivity index (χ2n) is 9.16. The van der Waals surface area contributed by atoms with Crippen LogP contribution in [-0.2, 0) is 37.4 Å². The van der Waals surface area contributed by atoms with Gasteiger partial charge in [0.25, 0.3) is 0 Å². The average molecular weight is 452 g/mol. The third-order valence-electron chi connectivity index (χ3n) is 6.94. The molecule has 3 aromatic rings. The number of carbonyl (C=O) groups excluding carboxylic acids is 1. The van der Waals surface area contributed by atoms with Crippen LogP contribution in [0, 0.1) is 0 Å². The summed E-state index contributed by atoms with van der Waals surface area (Å²) in [5.74, 6) is 2.17. The Morgan fingerprint density at radius 1 is 0.939 bits per heavy atom. The molecule has 33 heavy (non-hydrogen) atoms. The molecule has 1 amide bonds. The van der Waals surface area contributed by atoms with E-state index in [-0.39, 0.29) is 18.1 Å². The molecule has 0 atom stereocenters. The zero-order valence-electron chi connectivity index (χ0n) is 19.4. The van der Waals surface area contributed by atoms with Crippen LogP contribution in [-0.4, -0.2) is 65.8 Å². The first-order valence-electron chi connectivity index (χ1n) is 12.2. The second kappa shape index (κ2) is 9.51. The van der Waals surface area contributed by atoms with Crippen molar-refractivity contribution in [1.82, 2.24) is 33.7 Å². The molecule has 176 valence electrons. The minimum absolute atomic E-state index is 0.00694. The molecule has 0 radical (unpaired) electrons. The summed E-state index contributed by atoms with van der Waals surface area (Å²) in [6, 6.07) is 7.74. The SMILES string of the molecule is CCCn1c(=O)n(CC(=O)N2CCN(Cc3nnc4n3CCCCC4)CC2)c2ccccc21. The van der Waals surface area contributed by atoms with Crippen molar-refractivity contribution < 1.29 is 4.79 Å². The van der Waals surface area contributed by atoms with Crippen molar-refractivity contribution in [2.24, 2.45) is 0 Å². The van der Waals surface area contributed by atoms with E-state index in [1.54, 1.807) is 9.13 Å². The fourth-order valence-electron chi connectivity index (χ4n) is 5.12. The third kappa shape index (κ3) is 4.34. The predicted octanol–water partition coefficient (Wildman–Crippen LogP) is 1.88. The number of rotatable bonds is 6. The van der Waals surface area contributed by atoms with Crippen molar-refractivity contribution >= 4 is 16.9 Å². The maximum absolute atomic E-state index is 13.1. The van der Waals surface area contributed by atoms with Gasteiger partial charge < -0.3 is 9.47 Å². The molecule has 0 aliphatic carbocycles. The van der Waals surface area contributed by atoms with Crippen molar-refractivity contribution in [3.05, 3.63) is 46.4 Å². The molecule has 1 aromatic carbocycles. The highest BCUT2D eigenvalue weighted by molar-refractivity contribution is 5.81. The zero-order valence-corrected chi connectivity index (χ0v) is 19.4. The van der Waals surface area contributed by atoms with Crippen LogP contribution in [0.15, 0.2) is 29.1 Å². The average Bonchev–Trinajstić information content (AvgIpc) is 3.21. The van der Waals surface area contributed by atoms with Gasteiger partial charge in [-0.3, -0.25) is 18.8 Å². The number of para-hydroxylation sites is 2. The fourth-order valence-corrected chi connectivity index (χ4v) is 5.12. The number of carbonyl (C=O) groups is 1. The topological polar surface area (TPSA) is 81.2 Å². The van der Waals surface area contributed by atoms with Crippen LogP contribution in [0.25, 0.3) is 11.0 Å². The van der Waals surface area contributed by atoms with Crippen molar-refractivity contribution in [3.8, 4) is 0 Å². The van der Waals surface area contributed by atoms with Gasteiger partial charge in [0, 0.05) is 45.7 Å². The van der Waals surface area contributed by atoms with E-state index in [0.29, 0.717) is 19.6 Å². The molecule has 0 spiro atoms. The van der Waals surface area contributed by atoms with Gasteiger partial charge in [-0.15, -0.1) is 10.2 Å². The van der Waals surface area contributed by atoms with Gasteiger partial charge in [-0.1, -0.05) is 25.5 Å². The van der Waals surface area contributed by atoms with Gasteiger partial charge in [0.1, 0.15) is 18.2 Å². The summed E-state index contributed by atoms with van der Waals surface area (Å²) < 4.78 is 5.70.